The summed E-state index contributed by atoms with van der Waals surface area (Å²) in [7, 11) is 0. The van der Waals surface area contributed by atoms with Crippen molar-refractivity contribution in [3.8, 4) is 0 Å². The summed E-state index contributed by atoms with van der Waals surface area (Å²) < 4.78 is 14.7. The topological polar surface area (TPSA) is 20.2 Å². The Hall–Kier alpha value is -0.940. The van der Waals surface area contributed by atoms with Gasteiger partial charge in [0.25, 0.3) is 0 Å². The van der Waals surface area contributed by atoms with E-state index in [0.717, 1.165) is 9.13 Å². The van der Waals surface area contributed by atoms with E-state index in [2.05, 4.69) is 22.6 Å². The van der Waals surface area contributed by atoms with Crippen molar-refractivity contribution in [3.05, 3.63) is 69.0 Å². The fourth-order valence-electron chi connectivity index (χ4n) is 1.92. The van der Waals surface area contributed by atoms with Gasteiger partial charge in [0.15, 0.2) is 0 Å². The Bertz CT molecular complexity index is 534. The maximum Gasteiger partial charge on any atom is 0.126 e. The zero-order chi connectivity index (χ0) is 13.2. The Morgan fingerprint density at radius 1 is 1.11 bits per heavy atom. The molecule has 0 bridgehead atoms. The van der Waals surface area contributed by atoms with Crippen LogP contribution in [0.15, 0.2) is 48.5 Å². The Morgan fingerprint density at radius 2 is 1.72 bits per heavy atom. The molecule has 0 aliphatic carbocycles. The zero-order valence-corrected chi connectivity index (χ0v) is 12.2. The summed E-state index contributed by atoms with van der Waals surface area (Å²) in [5, 5.41) is 10.5. The second kappa shape index (κ2) is 5.36. The first kappa shape index (κ1) is 13.5. The van der Waals surface area contributed by atoms with Crippen molar-refractivity contribution >= 4 is 22.6 Å². The summed E-state index contributed by atoms with van der Waals surface area (Å²) in [4.78, 5) is 0. The van der Waals surface area contributed by atoms with Crippen molar-refractivity contribution in [3.63, 3.8) is 0 Å². The first-order valence-electron chi connectivity index (χ1n) is 5.71. The van der Waals surface area contributed by atoms with Crippen molar-refractivity contribution < 1.29 is 9.50 Å². The van der Waals surface area contributed by atoms with Crippen LogP contribution in [-0.2, 0) is 12.0 Å². The summed E-state index contributed by atoms with van der Waals surface area (Å²) in [6, 6.07) is 14.2. The lowest BCUT2D eigenvalue weighted by molar-refractivity contribution is 0.0567. The van der Waals surface area contributed by atoms with Gasteiger partial charge in [-0.15, -0.1) is 0 Å². The molecule has 1 N–H and O–H groups in total. The third kappa shape index (κ3) is 3.09. The number of benzene rings is 2. The van der Waals surface area contributed by atoms with Crippen molar-refractivity contribution in [2.75, 3.05) is 0 Å². The van der Waals surface area contributed by atoms with E-state index in [0.29, 0.717) is 5.56 Å². The van der Waals surface area contributed by atoms with Crippen LogP contribution in [0.3, 0.4) is 0 Å². The van der Waals surface area contributed by atoms with E-state index in [1.807, 2.05) is 24.3 Å². The summed E-state index contributed by atoms with van der Waals surface area (Å²) in [6.07, 6.45) is 0.264. The van der Waals surface area contributed by atoms with Crippen molar-refractivity contribution in [1.82, 2.24) is 0 Å². The molecule has 3 heteroatoms. The van der Waals surface area contributed by atoms with E-state index in [1.165, 1.54) is 6.07 Å². The molecule has 2 rings (SSSR count). The molecule has 1 unspecified atom stereocenters. The minimum absolute atomic E-state index is 0.264. The van der Waals surface area contributed by atoms with Crippen molar-refractivity contribution in [1.29, 1.82) is 0 Å². The first-order chi connectivity index (χ1) is 8.49. The van der Waals surface area contributed by atoms with Crippen LogP contribution in [0.1, 0.15) is 18.1 Å². The van der Waals surface area contributed by atoms with E-state index >= 15 is 0 Å². The lowest BCUT2D eigenvalue weighted by atomic mass is 9.89. The normalized spacial score (nSPS) is 14.2. The van der Waals surface area contributed by atoms with Crippen LogP contribution in [-0.4, -0.2) is 5.11 Å². The molecule has 18 heavy (non-hydrogen) atoms. The monoisotopic (exact) mass is 356 g/mol. The minimum Gasteiger partial charge on any atom is -0.385 e. The maximum absolute atomic E-state index is 13.6. The Balaban J connectivity index is 2.27. The number of rotatable bonds is 3. The Morgan fingerprint density at radius 3 is 2.33 bits per heavy atom. The van der Waals surface area contributed by atoms with E-state index in [9.17, 15) is 9.50 Å². The average Bonchev–Trinajstić information content (AvgIpc) is 2.32. The molecule has 0 aromatic heterocycles. The first-order valence-corrected chi connectivity index (χ1v) is 6.79. The van der Waals surface area contributed by atoms with Crippen molar-refractivity contribution in [2.24, 2.45) is 0 Å². The molecule has 0 radical (unpaired) electrons. The second-order valence-corrected chi connectivity index (χ2v) is 5.79. The Kier molecular flexibility index (Phi) is 4.02. The molecule has 0 aliphatic rings. The number of hydrogen-bond donors (Lipinski definition) is 1. The van der Waals surface area contributed by atoms with Gasteiger partial charge in [-0.3, -0.25) is 0 Å². The lowest BCUT2D eigenvalue weighted by Gasteiger charge is -2.24. The molecule has 0 fully saturated rings. The number of aliphatic hydroxyl groups is 1. The molecule has 0 aliphatic heterocycles. The molecule has 0 amide bonds. The van der Waals surface area contributed by atoms with Gasteiger partial charge in [-0.2, -0.15) is 0 Å². The molecule has 2 aromatic rings. The Labute approximate surface area is 120 Å². The third-order valence-corrected chi connectivity index (χ3v) is 3.68. The standard InChI is InChI=1S/C15H14FIO/c1-15(18,12-6-8-13(17)9-7-12)10-11-4-2-3-5-14(11)16/h2-9,18H,10H2,1H3. The molecule has 2 aromatic carbocycles. The van der Waals surface area contributed by atoms with E-state index in [4.69, 9.17) is 0 Å². The lowest BCUT2D eigenvalue weighted by Crippen LogP contribution is -2.24. The fourth-order valence-corrected chi connectivity index (χ4v) is 2.28. The maximum atomic E-state index is 13.6. The van der Waals surface area contributed by atoms with Gasteiger partial charge in [-0.05, 0) is 58.8 Å². The van der Waals surface area contributed by atoms with E-state index in [-0.39, 0.29) is 12.2 Å². The van der Waals surface area contributed by atoms with Crippen LogP contribution >= 0.6 is 22.6 Å². The largest absolute Gasteiger partial charge is 0.385 e. The van der Waals surface area contributed by atoms with Crippen LogP contribution in [0.4, 0.5) is 4.39 Å². The van der Waals surface area contributed by atoms with Crippen LogP contribution < -0.4 is 0 Å². The highest BCUT2D eigenvalue weighted by molar-refractivity contribution is 14.1. The summed E-state index contributed by atoms with van der Waals surface area (Å²) in [6.45, 7) is 1.71. The summed E-state index contributed by atoms with van der Waals surface area (Å²) >= 11 is 2.21. The molecule has 0 heterocycles. The second-order valence-electron chi connectivity index (χ2n) is 4.55. The molecular weight excluding hydrogens is 342 g/mol. The summed E-state index contributed by atoms with van der Waals surface area (Å²) in [5.41, 5.74) is 0.263. The van der Waals surface area contributed by atoms with Crippen molar-refractivity contribution in [2.45, 2.75) is 18.9 Å². The van der Waals surface area contributed by atoms with Gasteiger partial charge in [-0.1, -0.05) is 30.3 Å². The predicted octanol–water partition coefficient (Wildman–Crippen LogP) is 3.88. The molecule has 1 nitrogen and oxygen atoms in total. The van der Waals surface area contributed by atoms with Crippen LogP contribution in [0, 0.1) is 9.39 Å². The highest BCUT2D eigenvalue weighted by Crippen LogP contribution is 2.26. The molecule has 0 spiro atoms. The molecule has 1 atom stereocenters. The van der Waals surface area contributed by atoms with E-state index in [1.54, 1.807) is 25.1 Å². The average molecular weight is 356 g/mol. The number of halogens is 2. The molecule has 94 valence electrons. The highest BCUT2D eigenvalue weighted by Gasteiger charge is 2.24. The summed E-state index contributed by atoms with van der Waals surface area (Å²) in [5.74, 6) is -0.275. The SMILES string of the molecule is CC(O)(Cc1ccccc1F)c1ccc(I)cc1. The van der Waals surface area contributed by atoms with E-state index < -0.39 is 5.60 Å². The van der Waals surface area contributed by atoms with Gasteiger partial charge in [0, 0.05) is 9.99 Å². The molecule has 0 saturated heterocycles. The predicted molar refractivity (Wildman–Crippen MR) is 78.8 cm³/mol. The van der Waals surface area contributed by atoms with Gasteiger partial charge >= 0.3 is 0 Å². The van der Waals surface area contributed by atoms with Crippen LogP contribution in [0.2, 0.25) is 0 Å². The molecular formula is C15H14FIO. The molecule has 0 saturated carbocycles. The minimum atomic E-state index is -1.06. The fraction of sp³-hybridized carbons (Fsp3) is 0.200. The van der Waals surface area contributed by atoms with Crippen LogP contribution in [0.25, 0.3) is 0 Å². The highest BCUT2D eigenvalue weighted by atomic mass is 127. The van der Waals surface area contributed by atoms with Gasteiger partial charge in [0.1, 0.15) is 5.82 Å². The van der Waals surface area contributed by atoms with Crippen LogP contribution in [0.5, 0.6) is 0 Å². The zero-order valence-electron chi connectivity index (χ0n) is 10.0. The third-order valence-electron chi connectivity index (χ3n) is 2.96. The van der Waals surface area contributed by atoms with Gasteiger partial charge in [0.2, 0.25) is 0 Å². The number of hydrogen-bond acceptors (Lipinski definition) is 1. The van der Waals surface area contributed by atoms with Gasteiger partial charge in [0.05, 0.1) is 5.60 Å². The van der Waals surface area contributed by atoms with Gasteiger partial charge in [-0.25, -0.2) is 4.39 Å². The quantitative estimate of drug-likeness (QED) is 0.828. The van der Waals surface area contributed by atoms with Gasteiger partial charge < -0.3 is 5.11 Å². The smallest absolute Gasteiger partial charge is 0.126 e.